The minimum atomic E-state index is 0.737. The third kappa shape index (κ3) is 2.18. The molecule has 0 saturated heterocycles. The van der Waals surface area contributed by atoms with Crippen molar-refractivity contribution in [3.8, 4) is 11.1 Å². The van der Waals surface area contributed by atoms with Crippen molar-refractivity contribution in [2.24, 2.45) is 0 Å². The van der Waals surface area contributed by atoms with Gasteiger partial charge in [-0.05, 0) is 34.5 Å². The van der Waals surface area contributed by atoms with E-state index in [2.05, 4.69) is 52.1 Å². The number of pyridine rings is 1. The maximum absolute atomic E-state index is 5.92. The van der Waals surface area contributed by atoms with E-state index in [-0.39, 0.29) is 0 Å². The van der Waals surface area contributed by atoms with Crippen LogP contribution in [0.15, 0.2) is 41.1 Å². The van der Waals surface area contributed by atoms with E-state index in [1.165, 1.54) is 5.56 Å². The summed E-state index contributed by atoms with van der Waals surface area (Å²) in [5, 5.41) is 0. The third-order valence-corrected chi connectivity index (χ3v) is 2.70. The Hall–Kier alpha value is -1.35. The van der Waals surface area contributed by atoms with E-state index >= 15 is 0 Å². The van der Waals surface area contributed by atoms with Crippen molar-refractivity contribution in [2.45, 2.75) is 6.92 Å². The summed E-state index contributed by atoms with van der Waals surface area (Å²) in [5.74, 6) is 0. The quantitative estimate of drug-likeness (QED) is 0.801. The monoisotopic (exact) mass is 262 g/mol. The van der Waals surface area contributed by atoms with Crippen molar-refractivity contribution in [1.29, 1.82) is 0 Å². The summed E-state index contributed by atoms with van der Waals surface area (Å²) >= 11 is 3.29. The standard InChI is InChI=1S/C12H11BrN2/c1-8-2-4-9(5-3-8)10-7-15-12(13)6-11(10)14/h2-7H,1H3,(H2,14,15). The number of aromatic nitrogens is 1. The van der Waals surface area contributed by atoms with Crippen molar-refractivity contribution < 1.29 is 0 Å². The molecule has 0 aliphatic carbocycles. The maximum Gasteiger partial charge on any atom is 0.108 e. The van der Waals surface area contributed by atoms with Gasteiger partial charge in [-0.2, -0.15) is 0 Å². The number of benzene rings is 1. The number of nitrogen functional groups attached to an aromatic ring is 1. The van der Waals surface area contributed by atoms with Gasteiger partial charge in [0, 0.05) is 17.4 Å². The van der Waals surface area contributed by atoms with E-state index in [4.69, 9.17) is 5.73 Å². The molecule has 0 unspecified atom stereocenters. The summed E-state index contributed by atoms with van der Waals surface area (Å²) in [4.78, 5) is 4.18. The molecule has 15 heavy (non-hydrogen) atoms. The van der Waals surface area contributed by atoms with Gasteiger partial charge in [0.1, 0.15) is 4.60 Å². The minimum absolute atomic E-state index is 0.737. The lowest BCUT2D eigenvalue weighted by Crippen LogP contribution is -1.91. The number of nitrogens with two attached hydrogens (primary N) is 1. The number of aryl methyl sites for hydroxylation is 1. The summed E-state index contributed by atoms with van der Waals surface area (Å²) in [6.07, 6.45) is 1.78. The van der Waals surface area contributed by atoms with Crippen LogP contribution in [0.3, 0.4) is 0 Å². The van der Waals surface area contributed by atoms with E-state index in [1.54, 1.807) is 6.20 Å². The van der Waals surface area contributed by atoms with Gasteiger partial charge in [-0.1, -0.05) is 29.8 Å². The molecule has 0 radical (unpaired) electrons. The Bertz CT molecular complexity index is 477. The van der Waals surface area contributed by atoms with Crippen LogP contribution < -0.4 is 5.73 Å². The molecule has 2 N–H and O–H groups in total. The highest BCUT2D eigenvalue weighted by molar-refractivity contribution is 9.10. The Morgan fingerprint density at radius 3 is 2.47 bits per heavy atom. The van der Waals surface area contributed by atoms with Gasteiger partial charge in [0.15, 0.2) is 0 Å². The Labute approximate surface area is 97.3 Å². The van der Waals surface area contributed by atoms with Crippen molar-refractivity contribution in [3.63, 3.8) is 0 Å². The average molecular weight is 263 g/mol. The zero-order valence-electron chi connectivity index (χ0n) is 8.37. The molecule has 76 valence electrons. The Balaban J connectivity index is 2.49. The Kier molecular flexibility index (Phi) is 2.73. The molecule has 0 amide bonds. The van der Waals surface area contributed by atoms with Gasteiger partial charge in [0.25, 0.3) is 0 Å². The first-order valence-electron chi connectivity index (χ1n) is 4.65. The average Bonchev–Trinajstić information content (AvgIpc) is 2.20. The van der Waals surface area contributed by atoms with E-state index < -0.39 is 0 Å². The fourth-order valence-electron chi connectivity index (χ4n) is 1.42. The van der Waals surface area contributed by atoms with Crippen LogP contribution >= 0.6 is 15.9 Å². The molecule has 2 rings (SSSR count). The second-order valence-electron chi connectivity index (χ2n) is 3.46. The molecule has 2 nitrogen and oxygen atoms in total. The molecule has 3 heteroatoms. The van der Waals surface area contributed by atoms with Gasteiger partial charge >= 0.3 is 0 Å². The van der Waals surface area contributed by atoms with Crippen molar-refractivity contribution >= 4 is 21.6 Å². The third-order valence-electron chi connectivity index (χ3n) is 2.27. The molecule has 0 saturated carbocycles. The lowest BCUT2D eigenvalue weighted by molar-refractivity contribution is 1.28. The summed E-state index contributed by atoms with van der Waals surface area (Å²) in [7, 11) is 0. The number of anilines is 1. The fraction of sp³-hybridized carbons (Fsp3) is 0.0833. The minimum Gasteiger partial charge on any atom is -0.398 e. The molecule has 1 heterocycles. The molecule has 0 spiro atoms. The number of hydrogen-bond donors (Lipinski definition) is 1. The van der Waals surface area contributed by atoms with Gasteiger partial charge in [-0.25, -0.2) is 4.98 Å². The molecule has 1 aromatic carbocycles. The largest absolute Gasteiger partial charge is 0.398 e. The predicted molar refractivity (Wildman–Crippen MR) is 66.5 cm³/mol. The van der Waals surface area contributed by atoms with Crippen LogP contribution in [0, 0.1) is 6.92 Å². The zero-order valence-corrected chi connectivity index (χ0v) is 9.95. The maximum atomic E-state index is 5.92. The van der Waals surface area contributed by atoms with E-state index in [9.17, 15) is 0 Å². The van der Waals surface area contributed by atoms with Crippen molar-refractivity contribution in [3.05, 3.63) is 46.7 Å². The van der Waals surface area contributed by atoms with Gasteiger partial charge in [0.2, 0.25) is 0 Å². The van der Waals surface area contributed by atoms with Gasteiger partial charge < -0.3 is 5.73 Å². The van der Waals surface area contributed by atoms with Crippen LogP contribution in [-0.2, 0) is 0 Å². The molecule has 0 aliphatic rings. The van der Waals surface area contributed by atoms with Gasteiger partial charge in [-0.3, -0.25) is 0 Å². The number of halogens is 1. The normalized spacial score (nSPS) is 10.3. The molecule has 2 aromatic rings. The van der Waals surface area contributed by atoms with Crippen LogP contribution in [0.25, 0.3) is 11.1 Å². The van der Waals surface area contributed by atoms with Crippen LogP contribution in [-0.4, -0.2) is 4.98 Å². The fourth-order valence-corrected chi connectivity index (χ4v) is 1.77. The molecule has 1 aromatic heterocycles. The predicted octanol–water partition coefficient (Wildman–Crippen LogP) is 3.40. The summed E-state index contributed by atoms with van der Waals surface area (Å²) in [5.41, 5.74) is 9.96. The Morgan fingerprint density at radius 1 is 1.20 bits per heavy atom. The zero-order chi connectivity index (χ0) is 10.8. The SMILES string of the molecule is Cc1ccc(-c2cnc(Br)cc2N)cc1. The lowest BCUT2D eigenvalue weighted by atomic mass is 10.0. The van der Waals surface area contributed by atoms with E-state index in [0.717, 1.165) is 21.4 Å². The molecular formula is C12H11BrN2. The topological polar surface area (TPSA) is 38.9 Å². The first kappa shape index (κ1) is 10.2. The Morgan fingerprint density at radius 2 is 1.87 bits per heavy atom. The summed E-state index contributed by atoms with van der Waals surface area (Å²) < 4.78 is 0.760. The molecule has 0 bridgehead atoms. The first-order valence-corrected chi connectivity index (χ1v) is 5.44. The molecule has 0 atom stereocenters. The molecular weight excluding hydrogens is 252 g/mol. The molecule has 0 aliphatic heterocycles. The number of hydrogen-bond acceptors (Lipinski definition) is 2. The van der Waals surface area contributed by atoms with Crippen molar-refractivity contribution in [2.75, 3.05) is 5.73 Å². The highest BCUT2D eigenvalue weighted by Crippen LogP contribution is 2.26. The highest BCUT2D eigenvalue weighted by atomic mass is 79.9. The highest BCUT2D eigenvalue weighted by Gasteiger charge is 2.03. The van der Waals surface area contributed by atoms with Crippen LogP contribution in [0.1, 0.15) is 5.56 Å². The number of rotatable bonds is 1. The van der Waals surface area contributed by atoms with Crippen LogP contribution in [0.2, 0.25) is 0 Å². The summed E-state index contributed by atoms with van der Waals surface area (Å²) in [6, 6.07) is 10.1. The van der Waals surface area contributed by atoms with E-state index in [0.29, 0.717) is 0 Å². The number of nitrogens with zero attached hydrogens (tertiary/aromatic N) is 1. The van der Waals surface area contributed by atoms with Gasteiger partial charge in [0.05, 0.1) is 0 Å². The first-order chi connectivity index (χ1) is 7.16. The smallest absolute Gasteiger partial charge is 0.108 e. The van der Waals surface area contributed by atoms with Crippen molar-refractivity contribution in [1.82, 2.24) is 4.98 Å². The second kappa shape index (κ2) is 4.03. The van der Waals surface area contributed by atoms with Crippen LogP contribution in [0.4, 0.5) is 5.69 Å². The van der Waals surface area contributed by atoms with Gasteiger partial charge in [-0.15, -0.1) is 0 Å². The second-order valence-corrected chi connectivity index (χ2v) is 4.27. The van der Waals surface area contributed by atoms with E-state index in [1.807, 2.05) is 6.07 Å². The lowest BCUT2D eigenvalue weighted by Gasteiger charge is -2.05. The van der Waals surface area contributed by atoms with Crippen LogP contribution in [0.5, 0.6) is 0 Å². The molecule has 0 fully saturated rings. The summed E-state index contributed by atoms with van der Waals surface area (Å²) in [6.45, 7) is 2.06.